The molecule has 0 aliphatic heterocycles. The number of anilines is 4. The number of nitrogens with one attached hydrogen (secondary N) is 3. The molecular weight excluding hydrogens is 1300 g/mol. The Morgan fingerprint density at radius 1 is 0.362 bits per heavy atom. The SMILES string of the molecule is CC(C)(C)Nc1ccccc1.CC(C)(C)Oc1ccccc1.CC(C)(C)c1cccnc1.CC(C)(C)c1ccncc1.CC(C)(C)c1cncc2ccccc12.CC(C)(C)c1cncnc1.CC(C)C.COc1cccc(NC(C)(C)C)c1.COc1ccccc1NC(C)(C)C.COc1ncccc1N. The second kappa shape index (κ2) is 45.6. The number of hydrogen-bond acceptors (Lipinski definition) is 14. The number of benzene rings is 5. The van der Waals surface area contributed by atoms with Crippen LogP contribution in [0.4, 0.5) is 22.7 Å². The van der Waals surface area contributed by atoms with Gasteiger partial charge in [0.15, 0.2) is 0 Å². The van der Waals surface area contributed by atoms with Crippen LogP contribution in [0.2, 0.25) is 0 Å². The molecule has 0 aliphatic carbocycles. The van der Waals surface area contributed by atoms with E-state index >= 15 is 0 Å². The minimum atomic E-state index is -0.0959. The number of fused-ring (bicyclic) bond motifs is 1. The fourth-order valence-corrected chi connectivity index (χ4v) is 8.72. The molecule has 5 heterocycles. The number of hydrogen-bond donors (Lipinski definition) is 4. The summed E-state index contributed by atoms with van der Waals surface area (Å²) in [6, 6.07) is 56.1. The van der Waals surface area contributed by atoms with E-state index in [1.165, 1.54) is 38.7 Å². The molecule has 0 saturated heterocycles. The molecule has 5 aromatic heterocycles. The fraction of sp³-hybridized carbons (Fsp3) is 0.429. The lowest BCUT2D eigenvalue weighted by Gasteiger charge is -2.23. The molecule has 0 atom stereocenters. The first kappa shape index (κ1) is 93.5. The Bertz CT molecular complexity index is 3680. The van der Waals surface area contributed by atoms with Crippen molar-refractivity contribution < 1.29 is 18.9 Å². The lowest BCUT2D eigenvalue weighted by molar-refractivity contribution is 0.131. The Kier molecular flexibility index (Phi) is 40.6. The molecule has 0 fully saturated rings. The smallest absolute Gasteiger partial charge is 0.236 e. The Balaban J connectivity index is 0.000000588. The molecular formula is C91H134N10O4. The topological polar surface area (TPSA) is 176 Å². The minimum Gasteiger partial charge on any atom is -0.497 e. The van der Waals surface area contributed by atoms with Gasteiger partial charge in [0.05, 0.1) is 32.7 Å². The number of para-hydroxylation sites is 4. The molecule has 10 rings (SSSR count). The van der Waals surface area contributed by atoms with Crippen LogP contribution >= 0.6 is 0 Å². The first-order valence-corrected chi connectivity index (χ1v) is 36.2. The van der Waals surface area contributed by atoms with E-state index in [9.17, 15) is 0 Å². The summed E-state index contributed by atoms with van der Waals surface area (Å²) in [5.41, 5.74) is 15.5. The van der Waals surface area contributed by atoms with Gasteiger partial charge in [-0.1, -0.05) is 189 Å². The predicted octanol–water partition coefficient (Wildman–Crippen LogP) is 24.0. The number of aromatic nitrogens is 6. The molecule has 5 N–H and O–H groups in total. The fourth-order valence-electron chi connectivity index (χ4n) is 8.72. The molecule has 0 amide bonds. The molecule has 10 aromatic rings. The van der Waals surface area contributed by atoms with Crippen LogP contribution in [-0.4, -0.2) is 73.5 Å². The lowest BCUT2D eigenvalue weighted by Crippen LogP contribution is -2.26. The van der Waals surface area contributed by atoms with E-state index in [2.05, 4.69) is 267 Å². The number of ether oxygens (including phenoxy) is 4. The molecule has 0 spiro atoms. The van der Waals surface area contributed by atoms with Crippen molar-refractivity contribution in [2.24, 2.45) is 5.92 Å². The average Bonchev–Trinajstić information content (AvgIpc) is 0.801. The highest BCUT2D eigenvalue weighted by molar-refractivity contribution is 5.85. The molecule has 0 aliphatic rings. The van der Waals surface area contributed by atoms with Crippen molar-refractivity contribution in [1.82, 2.24) is 29.9 Å². The van der Waals surface area contributed by atoms with Gasteiger partial charge in [0.1, 0.15) is 29.2 Å². The summed E-state index contributed by atoms with van der Waals surface area (Å²) in [5, 5.41) is 12.7. The van der Waals surface area contributed by atoms with E-state index < -0.39 is 0 Å². The summed E-state index contributed by atoms with van der Waals surface area (Å²) < 4.78 is 20.8. The molecule has 105 heavy (non-hydrogen) atoms. The van der Waals surface area contributed by atoms with Gasteiger partial charge in [-0.3, -0.25) is 15.0 Å². The Morgan fingerprint density at radius 3 is 1.28 bits per heavy atom. The van der Waals surface area contributed by atoms with E-state index in [4.69, 9.17) is 24.7 Å². The first-order valence-electron chi connectivity index (χ1n) is 36.2. The highest BCUT2D eigenvalue weighted by Gasteiger charge is 2.18. The van der Waals surface area contributed by atoms with Gasteiger partial charge >= 0.3 is 0 Å². The lowest BCUT2D eigenvalue weighted by atomic mass is 9.85. The molecule has 0 unspecified atom stereocenters. The Morgan fingerprint density at radius 2 is 0.838 bits per heavy atom. The minimum absolute atomic E-state index is 0.0641. The highest BCUT2D eigenvalue weighted by atomic mass is 16.5. The standard InChI is InChI=1S/C13H15N.2C11H17NO.C10H15N.C10H14O.2C9H13N.C8H12N2.C6H8N2O.C4H10/c1-13(2,3)12-9-14-8-10-6-4-5-7-11(10)12;1-11(2,3)12-9-6-5-7-10(8-9)13-4;1-11(2,3)12-9-7-5-6-8-10(9)13-4;2*1-10(2,3)11-9-7-5-4-6-8-9;1-9(2,3)8-4-6-10-7-5-8;1-9(2,3)8-5-4-6-10-7-8;1-8(2,3)7-4-9-6-10-5-7;1-9-6-5(7)3-2-4-8-6;1-4(2)3/h4-9H,1-3H3;2*5-8,12H,1-4H3;4-8,11H,1-3H3;4-8H,1-3H3;2*4-7H,1-3H3;4-6H,1-3H3;2-4H,7H2,1H3;4H,1-3H3. The van der Waals surface area contributed by atoms with Gasteiger partial charge in [0.25, 0.3) is 0 Å². The average molecular weight is 1430 g/mol. The third kappa shape index (κ3) is 45.3. The summed E-state index contributed by atoms with van der Waals surface area (Å²) >= 11 is 0. The van der Waals surface area contributed by atoms with Gasteiger partial charge in [-0.15, -0.1) is 0 Å². The van der Waals surface area contributed by atoms with Gasteiger partial charge in [0.2, 0.25) is 5.88 Å². The van der Waals surface area contributed by atoms with Gasteiger partial charge in [-0.2, -0.15) is 0 Å². The number of nitrogens with zero attached hydrogens (tertiary/aromatic N) is 6. The van der Waals surface area contributed by atoms with Crippen LogP contribution in [0.1, 0.15) is 209 Å². The maximum atomic E-state index is 5.60. The van der Waals surface area contributed by atoms with E-state index in [1.807, 2.05) is 167 Å². The normalized spacial score (nSPS) is 11.1. The largest absolute Gasteiger partial charge is 0.497 e. The van der Waals surface area contributed by atoms with Crippen LogP contribution in [0.25, 0.3) is 10.8 Å². The van der Waals surface area contributed by atoms with Crippen LogP contribution in [0.3, 0.4) is 0 Å². The van der Waals surface area contributed by atoms with Crippen molar-refractivity contribution in [3.63, 3.8) is 0 Å². The maximum absolute atomic E-state index is 5.60. The van der Waals surface area contributed by atoms with Gasteiger partial charge in [-0.25, -0.2) is 15.0 Å². The summed E-state index contributed by atoms with van der Waals surface area (Å²) in [7, 11) is 4.90. The summed E-state index contributed by atoms with van der Waals surface area (Å²) in [5.74, 6) is 4.02. The van der Waals surface area contributed by atoms with Crippen LogP contribution in [-0.2, 0) is 21.7 Å². The Labute approximate surface area is 636 Å². The van der Waals surface area contributed by atoms with E-state index in [1.54, 1.807) is 52.2 Å². The van der Waals surface area contributed by atoms with Crippen LogP contribution in [0, 0.1) is 5.92 Å². The van der Waals surface area contributed by atoms with Crippen LogP contribution < -0.4 is 40.6 Å². The number of pyridine rings is 4. The van der Waals surface area contributed by atoms with Crippen molar-refractivity contribution in [3.8, 4) is 23.1 Å². The molecule has 572 valence electrons. The van der Waals surface area contributed by atoms with Crippen molar-refractivity contribution in [1.29, 1.82) is 0 Å². The van der Waals surface area contributed by atoms with Crippen LogP contribution in [0.15, 0.2) is 232 Å². The molecule has 0 radical (unpaired) electrons. The molecule has 0 saturated carbocycles. The first-order chi connectivity index (χ1) is 48.7. The zero-order valence-corrected chi connectivity index (χ0v) is 69.9. The van der Waals surface area contributed by atoms with E-state index in [0.29, 0.717) is 11.6 Å². The summed E-state index contributed by atoms with van der Waals surface area (Å²) in [6.45, 7) is 58.1. The third-order valence-corrected chi connectivity index (χ3v) is 13.6. The number of nitrogen functional groups attached to an aromatic ring is 1. The third-order valence-electron chi connectivity index (χ3n) is 13.6. The number of rotatable bonds is 7. The molecule has 14 nitrogen and oxygen atoms in total. The molecule has 14 heteroatoms. The number of methoxy groups -OCH3 is 3. The second-order valence-electron chi connectivity index (χ2n) is 33.8. The van der Waals surface area contributed by atoms with Gasteiger partial charge in [-0.05, 0) is 217 Å². The van der Waals surface area contributed by atoms with E-state index in [0.717, 1.165) is 34.5 Å². The summed E-state index contributed by atoms with van der Waals surface area (Å²) in [4.78, 5) is 24.0. The monoisotopic (exact) mass is 1430 g/mol. The number of nitrogens with two attached hydrogens (primary N) is 1. The second-order valence-corrected chi connectivity index (χ2v) is 33.8. The zero-order valence-electron chi connectivity index (χ0n) is 69.9. The predicted molar refractivity (Wildman–Crippen MR) is 452 cm³/mol. The maximum Gasteiger partial charge on any atom is 0.236 e. The van der Waals surface area contributed by atoms with E-state index in [-0.39, 0.29) is 43.9 Å². The summed E-state index contributed by atoms with van der Waals surface area (Å²) in [6.07, 6.45) is 18.2. The van der Waals surface area contributed by atoms with Crippen molar-refractivity contribution in [2.45, 2.75) is 231 Å². The van der Waals surface area contributed by atoms with Crippen molar-refractivity contribution in [3.05, 3.63) is 254 Å². The quantitative estimate of drug-likeness (QED) is 0.119. The van der Waals surface area contributed by atoms with Gasteiger partial charge < -0.3 is 40.6 Å². The van der Waals surface area contributed by atoms with Gasteiger partial charge in [0, 0.05) is 95.2 Å². The zero-order chi connectivity index (χ0) is 79.7. The molecule has 5 aromatic carbocycles. The van der Waals surface area contributed by atoms with Crippen molar-refractivity contribution in [2.75, 3.05) is 43.0 Å². The highest BCUT2D eigenvalue weighted by Crippen LogP contribution is 2.30. The Hall–Kier alpha value is -9.56. The molecule has 0 bridgehead atoms. The van der Waals surface area contributed by atoms with Crippen LogP contribution in [0.5, 0.6) is 23.1 Å². The van der Waals surface area contributed by atoms with Crippen molar-refractivity contribution >= 4 is 33.5 Å².